The molecule has 3 rings (SSSR count). The predicted octanol–water partition coefficient (Wildman–Crippen LogP) is 5.36. The molecule has 40 heavy (non-hydrogen) atoms. The molecular weight excluding hydrogens is 597 g/mol. The van der Waals surface area contributed by atoms with Crippen LogP contribution in [-0.2, 0) is 20.6 Å². The lowest BCUT2D eigenvalue weighted by Crippen LogP contribution is -2.32. The number of hydrogen-bond acceptors (Lipinski definition) is 6. The highest BCUT2D eigenvalue weighted by Crippen LogP contribution is 2.30. The minimum Gasteiger partial charge on any atom is -0.494 e. The average Bonchev–Trinajstić information content (AvgIpc) is 2.91. The van der Waals surface area contributed by atoms with E-state index >= 15 is 0 Å². The molecule has 0 spiro atoms. The average molecular weight is 621 g/mol. The van der Waals surface area contributed by atoms with Gasteiger partial charge in [0.2, 0.25) is 0 Å². The van der Waals surface area contributed by atoms with Crippen LogP contribution in [0.2, 0.25) is 0 Å². The fourth-order valence-electron chi connectivity index (χ4n) is 3.12. The molecule has 0 saturated carbocycles. The zero-order chi connectivity index (χ0) is 29.1. The van der Waals surface area contributed by atoms with E-state index in [0.29, 0.717) is 28.1 Å². The summed E-state index contributed by atoms with van der Waals surface area (Å²) in [5, 5.41) is 8.55. The third kappa shape index (κ3) is 9.42. The van der Waals surface area contributed by atoms with Crippen LogP contribution < -0.4 is 25.5 Å². The molecule has 0 radical (unpaired) electrons. The van der Waals surface area contributed by atoms with Crippen LogP contribution in [0.4, 0.5) is 24.5 Å². The lowest BCUT2D eigenvalue weighted by atomic mass is 10.2. The quantitative estimate of drug-likeness (QED) is 0.160. The normalized spacial score (nSPS) is 11.1. The van der Waals surface area contributed by atoms with Crippen LogP contribution in [0, 0.1) is 0 Å². The molecule has 0 fully saturated rings. The van der Waals surface area contributed by atoms with E-state index < -0.39 is 36.1 Å². The van der Waals surface area contributed by atoms with Gasteiger partial charge in [0.05, 0.1) is 18.4 Å². The van der Waals surface area contributed by atoms with Gasteiger partial charge in [-0.05, 0) is 67.1 Å². The van der Waals surface area contributed by atoms with Gasteiger partial charge in [-0.2, -0.15) is 18.3 Å². The zero-order valence-corrected chi connectivity index (χ0v) is 22.6. The first-order valence-corrected chi connectivity index (χ1v) is 12.6. The second-order valence-corrected chi connectivity index (χ2v) is 9.04. The van der Waals surface area contributed by atoms with Gasteiger partial charge in [0, 0.05) is 21.4 Å². The minimum atomic E-state index is -4.55. The second kappa shape index (κ2) is 14.1. The van der Waals surface area contributed by atoms with Crippen LogP contribution in [0.25, 0.3) is 0 Å². The summed E-state index contributed by atoms with van der Waals surface area (Å²) in [7, 11) is 0. The molecule has 0 unspecified atom stereocenters. The number of carbonyl (C=O) groups excluding carboxylic acids is 3. The number of nitrogens with one attached hydrogen (secondary N) is 3. The van der Waals surface area contributed by atoms with Crippen molar-refractivity contribution in [2.75, 3.05) is 23.8 Å². The van der Waals surface area contributed by atoms with E-state index in [9.17, 15) is 27.6 Å². The Morgan fingerprint density at radius 2 is 1.68 bits per heavy atom. The number of anilines is 2. The van der Waals surface area contributed by atoms with Crippen molar-refractivity contribution < 1.29 is 37.0 Å². The molecule has 3 N–H and O–H groups in total. The molecule has 210 valence electrons. The van der Waals surface area contributed by atoms with Gasteiger partial charge in [-0.3, -0.25) is 14.4 Å². The van der Waals surface area contributed by atoms with E-state index in [1.807, 2.05) is 6.92 Å². The summed E-state index contributed by atoms with van der Waals surface area (Å²) >= 11 is 3.29. The minimum absolute atomic E-state index is 0.0391. The SMILES string of the molecule is CCCOc1ccc(NC(=O)C(=O)N/N=C\c2cc(Br)ccc2OCC(=O)Nc2cccc(C(F)(F)F)c2)cc1. The molecule has 0 aliphatic rings. The van der Waals surface area contributed by atoms with Crippen molar-refractivity contribution in [1.82, 2.24) is 5.43 Å². The first-order chi connectivity index (χ1) is 19.0. The number of halogens is 4. The molecule has 13 heteroatoms. The number of benzene rings is 3. The van der Waals surface area contributed by atoms with Crippen LogP contribution in [0.5, 0.6) is 11.5 Å². The van der Waals surface area contributed by atoms with Crippen LogP contribution in [0.1, 0.15) is 24.5 Å². The molecule has 0 atom stereocenters. The largest absolute Gasteiger partial charge is 0.494 e. The molecule has 3 aromatic rings. The third-order valence-corrected chi connectivity index (χ3v) is 5.46. The monoisotopic (exact) mass is 620 g/mol. The van der Waals surface area contributed by atoms with Gasteiger partial charge in [-0.15, -0.1) is 0 Å². The second-order valence-electron chi connectivity index (χ2n) is 8.12. The van der Waals surface area contributed by atoms with Crippen molar-refractivity contribution in [3.05, 3.63) is 82.3 Å². The Balaban J connectivity index is 1.55. The van der Waals surface area contributed by atoms with Gasteiger partial charge in [-0.1, -0.05) is 28.9 Å². The Kier molecular flexibility index (Phi) is 10.6. The Bertz CT molecular complexity index is 1380. The smallest absolute Gasteiger partial charge is 0.416 e. The first-order valence-electron chi connectivity index (χ1n) is 11.8. The number of hydrogen-bond donors (Lipinski definition) is 3. The lowest BCUT2D eigenvalue weighted by Gasteiger charge is -2.12. The Morgan fingerprint density at radius 3 is 2.38 bits per heavy atom. The van der Waals surface area contributed by atoms with Gasteiger partial charge < -0.3 is 20.1 Å². The third-order valence-electron chi connectivity index (χ3n) is 4.97. The van der Waals surface area contributed by atoms with E-state index in [2.05, 4.69) is 37.1 Å². The maximum atomic E-state index is 12.9. The molecule has 9 nitrogen and oxygen atoms in total. The highest BCUT2D eigenvalue weighted by Gasteiger charge is 2.30. The fourth-order valence-corrected chi connectivity index (χ4v) is 3.50. The number of rotatable bonds is 10. The van der Waals surface area contributed by atoms with Crippen LogP contribution in [0.3, 0.4) is 0 Å². The molecule has 0 aliphatic heterocycles. The van der Waals surface area contributed by atoms with Crippen molar-refractivity contribution in [3.63, 3.8) is 0 Å². The fraction of sp³-hybridized carbons (Fsp3) is 0.185. The van der Waals surface area contributed by atoms with E-state index in [4.69, 9.17) is 9.47 Å². The van der Waals surface area contributed by atoms with Gasteiger partial charge in [0.1, 0.15) is 11.5 Å². The summed E-state index contributed by atoms with van der Waals surface area (Å²) in [5.74, 6) is -1.85. The van der Waals surface area contributed by atoms with Gasteiger partial charge >= 0.3 is 18.0 Å². The Labute approximate surface area is 235 Å². The summed E-state index contributed by atoms with van der Waals surface area (Å²) in [6.45, 7) is 2.02. The predicted molar refractivity (Wildman–Crippen MR) is 146 cm³/mol. The van der Waals surface area contributed by atoms with E-state index in [1.54, 1.807) is 36.4 Å². The zero-order valence-electron chi connectivity index (χ0n) is 21.0. The summed E-state index contributed by atoms with van der Waals surface area (Å²) in [6, 6.07) is 15.4. The molecule has 0 bridgehead atoms. The van der Waals surface area contributed by atoms with Crippen molar-refractivity contribution >= 4 is 51.2 Å². The number of nitrogens with zero attached hydrogens (tertiary/aromatic N) is 1. The maximum Gasteiger partial charge on any atom is 0.416 e. The standard InChI is InChI=1S/C27H24BrF3N4O5/c1-2-12-39-22-9-7-20(8-10-22)34-25(37)26(38)35-32-15-17-13-19(28)6-11-23(17)40-16-24(36)33-21-5-3-4-18(14-21)27(29,30)31/h3-11,13-15H,2,12,16H2,1H3,(H,33,36)(H,34,37)(H,35,38)/b32-15-. The first kappa shape index (κ1) is 30.2. The van der Waals surface area contributed by atoms with E-state index in [0.717, 1.165) is 18.6 Å². The molecule has 0 saturated heterocycles. The molecule has 0 heterocycles. The molecule has 3 aromatic carbocycles. The van der Waals surface area contributed by atoms with E-state index in [-0.39, 0.29) is 11.4 Å². The van der Waals surface area contributed by atoms with Gasteiger partial charge in [0.15, 0.2) is 6.61 Å². The molecule has 0 aliphatic carbocycles. The van der Waals surface area contributed by atoms with Crippen LogP contribution in [0.15, 0.2) is 76.3 Å². The highest BCUT2D eigenvalue weighted by atomic mass is 79.9. The summed E-state index contributed by atoms with van der Waals surface area (Å²) in [6.07, 6.45) is -2.49. The summed E-state index contributed by atoms with van der Waals surface area (Å²) in [4.78, 5) is 36.6. The Hall–Kier alpha value is -4.39. The maximum absolute atomic E-state index is 12.9. The highest BCUT2D eigenvalue weighted by molar-refractivity contribution is 9.10. The van der Waals surface area contributed by atoms with Gasteiger partial charge in [0.25, 0.3) is 5.91 Å². The van der Waals surface area contributed by atoms with E-state index in [1.165, 1.54) is 24.4 Å². The number of amides is 3. The van der Waals surface area contributed by atoms with Crippen molar-refractivity contribution in [2.45, 2.75) is 19.5 Å². The summed E-state index contributed by atoms with van der Waals surface area (Å²) < 4.78 is 50.2. The number of carbonyl (C=O) groups is 3. The van der Waals surface area contributed by atoms with Crippen molar-refractivity contribution in [3.8, 4) is 11.5 Å². The number of alkyl halides is 3. The number of ether oxygens (including phenoxy) is 2. The van der Waals surface area contributed by atoms with Crippen molar-refractivity contribution in [2.24, 2.45) is 5.10 Å². The van der Waals surface area contributed by atoms with Crippen LogP contribution >= 0.6 is 15.9 Å². The molecule has 3 amide bonds. The molecule has 0 aromatic heterocycles. The van der Waals surface area contributed by atoms with Crippen LogP contribution in [-0.4, -0.2) is 37.1 Å². The van der Waals surface area contributed by atoms with Gasteiger partial charge in [-0.25, -0.2) is 5.43 Å². The topological polar surface area (TPSA) is 118 Å². The Morgan fingerprint density at radius 1 is 0.925 bits per heavy atom. The lowest BCUT2D eigenvalue weighted by molar-refractivity contribution is -0.137. The summed E-state index contributed by atoms with van der Waals surface area (Å²) in [5.41, 5.74) is 1.89. The van der Waals surface area contributed by atoms with Crippen molar-refractivity contribution in [1.29, 1.82) is 0 Å². The molecular formula is C27H24BrF3N4O5. The number of hydrazone groups is 1.